The molecule has 1 aromatic carbocycles. The van der Waals surface area contributed by atoms with Crippen LogP contribution in [0.4, 0.5) is 0 Å². The molecule has 0 amide bonds. The van der Waals surface area contributed by atoms with Gasteiger partial charge in [0.15, 0.2) is 0 Å². The molecule has 4 heteroatoms. The van der Waals surface area contributed by atoms with E-state index in [4.69, 9.17) is 10.2 Å². The molecule has 0 aliphatic rings. The summed E-state index contributed by atoms with van der Waals surface area (Å²) in [5, 5.41) is 17.6. The van der Waals surface area contributed by atoms with Crippen LogP contribution in [0.2, 0.25) is 0 Å². The second-order valence-corrected chi connectivity index (χ2v) is 4.86. The number of halogens is 1. The summed E-state index contributed by atoms with van der Waals surface area (Å²) in [5.74, 6) is 0.918. The van der Waals surface area contributed by atoms with Gasteiger partial charge in [-0.15, -0.1) is 11.8 Å². The molecule has 2 N–H and O–H groups in total. The van der Waals surface area contributed by atoms with Gasteiger partial charge in [-0.05, 0) is 24.1 Å². The molecule has 0 atom stereocenters. The maximum Gasteiger partial charge on any atom is 0.0692 e. The van der Waals surface area contributed by atoms with Crippen molar-refractivity contribution in [1.82, 2.24) is 0 Å². The molecule has 1 aromatic rings. The zero-order chi connectivity index (χ0) is 10.4. The minimum atomic E-state index is 0.0577. The normalized spacial score (nSPS) is 10.5. The smallest absolute Gasteiger partial charge is 0.0692 e. The van der Waals surface area contributed by atoms with Gasteiger partial charge in [0.05, 0.1) is 6.61 Å². The highest BCUT2D eigenvalue weighted by molar-refractivity contribution is 9.10. The quantitative estimate of drug-likeness (QED) is 0.641. The maximum absolute atomic E-state index is 8.95. The van der Waals surface area contributed by atoms with Crippen LogP contribution in [0.15, 0.2) is 27.6 Å². The van der Waals surface area contributed by atoms with Crippen molar-refractivity contribution in [3.63, 3.8) is 0 Å². The van der Waals surface area contributed by atoms with E-state index in [1.165, 1.54) is 0 Å². The molecule has 0 aromatic heterocycles. The Hall–Kier alpha value is -0.0300. The summed E-state index contributed by atoms with van der Waals surface area (Å²) in [7, 11) is 0. The van der Waals surface area contributed by atoms with Crippen LogP contribution in [0.3, 0.4) is 0 Å². The van der Waals surface area contributed by atoms with E-state index >= 15 is 0 Å². The van der Waals surface area contributed by atoms with Gasteiger partial charge in [-0.3, -0.25) is 0 Å². The lowest BCUT2D eigenvalue weighted by Crippen LogP contribution is -1.88. The van der Waals surface area contributed by atoms with E-state index in [1.54, 1.807) is 11.8 Å². The molecule has 1 rings (SSSR count). The fourth-order valence-electron chi connectivity index (χ4n) is 1.00. The second-order valence-electron chi connectivity index (χ2n) is 2.84. The predicted molar refractivity (Wildman–Crippen MR) is 62.5 cm³/mol. The molecule has 0 saturated heterocycles. The summed E-state index contributed by atoms with van der Waals surface area (Å²) in [5.41, 5.74) is 0.900. The van der Waals surface area contributed by atoms with E-state index in [0.29, 0.717) is 0 Å². The number of thioether (sulfide) groups is 1. The van der Waals surface area contributed by atoms with Crippen LogP contribution in [0.1, 0.15) is 12.0 Å². The van der Waals surface area contributed by atoms with Gasteiger partial charge in [0.25, 0.3) is 0 Å². The predicted octanol–water partition coefficient (Wildman–Crippen LogP) is 2.42. The Kier molecular flexibility index (Phi) is 5.55. The van der Waals surface area contributed by atoms with Gasteiger partial charge in [0.1, 0.15) is 0 Å². The molecule has 0 fully saturated rings. The van der Waals surface area contributed by atoms with Crippen molar-refractivity contribution in [3.05, 3.63) is 28.2 Å². The molecule has 0 saturated carbocycles. The van der Waals surface area contributed by atoms with Gasteiger partial charge >= 0.3 is 0 Å². The first kappa shape index (κ1) is 12.0. The van der Waals surface area contributed by atoms with Crippen molar-refractivity contribution in [1.29, 1.82) is 0 Å². The van der Waals surface area contributed by atoms with Crippen LogP contribution in [0.5, 0.6) is 0 Å². The van der Waals surface area contributed by atoms with Crippen LogP contribution >= 0.6 is 27.7 Å². The molecule has 14 heavy (non-hydrogen) atoms. The highest BCUT2D eigenvalue weighted by atomic mass is 79.9. The number of benzene rings is 1. The van der Waals surface area contributed by atoms with E-state index in [2.05, 4.69) is 15.9 Å². The summed E-state index contributed by atoms with van der Waals surface area (Å²) in [6.45, 7) is 0.297. The number of rotatable bonds is 5. The van der Waals surface area contributed by atoms with Gasteiger partial charge in [-0.2, -0.15) is 0 Å². The van der Waals surface area contributed by atoms with Crippen molar-refractivity contribution in [3.8, 4) is 0 Å². The molecule has 0 heterocycles. The van der Waals surface area contributed by atoms with E-state index in [-0.39, 0.29) is 13.2 Å². The molecule has 0 unspecified atom stereocenters. The van der Waals surface area contributed by atoms with Crippen molar-refractivity contribution in [2.45, 2.75) is 17.9 Å². The first-order chi connectivity index (χ1) is 6.77. The van der Waals surface area contributed by atoms with Gasteiger partial charge in [0.2, 0.25) is 0 Å². The fraction of sp³-hybridized carbons (Fsp3) is 0.400. The summed E-state index contributed by atoms with van der Waals surface area (Å²) in [4.78, 5) is 1.16. The molecule has 0 spiro atoms. The molecule has 78 valence electrons. The molecule has 2 nitrogen and oxygen atoms in total. The van der Waals surface area contributed by atoms with E-state index in [1.807, 2.05) is 18.2 Å². The summed E-state index contributed by atoms with van der Waals surface area (Å²) in [6.07, 6.45) is 0.810. The number of hydrogen-bond donors (Lipinski definition) is 2. The molecule has 0 bridgehead atoms. The standard InChI is InChI=1S/C10H13BrO2S/c11-10-6-9(14-5-1-4-12)3-2-8(10)7-13/h2-3,6,12-13H,1,4-5,7H2. The van der Waals surface area contributed by atoms with Crippen LogP contribution in [-0.2, 0) is 6.61 Å². The van der Waals surface area contributed by atoms with Crippen molar-refractivity contribution in [2.75, 3.05) is 12.4 Å². The monoisotopic (exact) mass is 276 g/mol. The lowest BCUT2D eigenvalue weighted by Gasteiger charge is -2.04. The molecule has 0 aliphatic carbocycles. The van der Waals surface area contributed by atoms with Gasteiger partial charge in [-0.25, -0.2) is 0 Å². The zero-order valence-electron chi connectivity index (χ0n) is 7.74. The van der Waals surface area contributed by atoms with Crippen molar-refractivity contribution in [2.24, 2.45) is 0 Å². The third-order valence-corrected chi connectivity index (χ3v) is 3.58. The van der Waals surface area contributed by atoms with Crippen molar-refractivity contribution >= 4 is 27.7 Å². The number of hydrogen-bond acceptors (Lipinski definition) is 3. The highest BCUT2D eigenvalue weighted by Crippen LogP contribution is 2.25. The molecule has 0 radical (unpaired) electrons. The topological polar surface area (TPSA) is 40.5 Å². The third-order valence-electron chi connectivity index (χ3n) is 1.77. The molecular weight excluding hydrogens is 264 g/mol. The first-order valence-corrected chi connectivity index (χ1v) is 6.18. The lowest BCUT2D eigenvalue weighted by molar-refractivity contribution is 0.281. The average Bonchev–Trinajstić information content (AvgIpc) is 2.18. The minimum Gasteiger partial charge on any atom is -0.396 e. The fourth-order valence-corrected chi connectivity index (χ4v) is 2.53. The summed E-state index contributed by atoms with van der Waals surface area (Å²) < 4.78 is 0.939. The van der Waals surface area contributed by atoms with Gasteiger partial charge in [-0.1, -0.05) is 22.0 Å². The molecular formula is C10H13BrO2S. The summed E-state index contributed by atoms with van der Waals surface area (Å²) in [6, 6.07) is 5.89. The Labute approximate surface area is 96.5 Å². The SMILES string of the molecule is OCCCSc1ccc(CO)c(Br)c1. The van der Waals surface area contributed by atoms with Crippen LogP contribution in [0, 0.1) is 0 Å². The lowest BCUT2D eigenvalue weighted by atomic mass is 10.2. The van der Waals surface area contributed by atoms with Gasteiger partial charge < -0.3 is 10.2 Å². The number of aliphatic hydroxyl groups is 2. The zero-order valence-corrected chi connectivity index (χ0v) is 10.1. The molecule has 0 aliphatic heterocycles. The number of aliphatic hydroxyl groups excluding tert-OH is 2. The Balaban J connectivity index is 2.57. The Morgan fingerprint density at radius 3 is 2.64 bits per heavy atom. The van der Waals surface area contributed by atoms with Crippen LogP contribution in [-0.4, -0.2) is 22.6 Å². The Bertz CT molecular complexity index is 291. The minimum absolute atomic E-state index is 0.0577. The van der Waals surface area contributed by atoms with Crippen LogP contribution < -0.4 is 0 Å². The van der Waals surface area contributed by atoms with Crippen LogP contribution in [0.25, 0.3) is 0 Å². The maximum atomic E-state index is 8.95. The summed E-state index contributed by atoms with van der Waals surface area (Å²) >= 11 is 5.10. The van der Waals surface area contributed by atoms with E-state index in [0.717, 1.165) is 27.1 Å². The van der Waals surface area contributed by atoms with Crippen molar-refractivity contribution < 1.29 is 10.2 Å². The van der Waals surface area contributed by atoms with E-state index in [9.17, 15) is 0 Å². The Morgan fingerprint density at radius 1 is 1.29 bits per heavy atom. The first-order valence-electron chi connectivity index (χ1n) is 4.41. The average molecular weight is 277 g/mol. The van der Waals surface area contributed by atoms with Gasteiger partial charge in [0, 0.05) is 21.7 Å². The highest BCUT2D eigenvalue weighted by Gasteiger charge is 2.00. The largest absolute Gasteiger partial charge is 0.396 e. The van der Waals surface area contributed by atoms with E-state index < -0.39 is 0 Å². The Morgan fingerprint density at radius 2 is 2.07 bits per heavy atom. The third kappa shape index (κ3) is 3.61. The second kappa shape index (κ2) is 6.45.